The van der Waals surface area contributed by atoms with Crippen molar-refractivity contribution in [2.24, 2.45) is 4.99 Å². The molecule has 0 atom stereocenters. The summed E-state index contributed by atoms with van der Waals surface area (Å²) in [5.41, 5.74) is 0.207. The molecule has 2 saturated carbocycles. The third kappa shape index (κ3) is 6.11. The lowest BCUT2D eigenvalue weighted by Gasteiger charge is -2.37. The molecule has 0 radical (unpaired) electrons. The summed E-state index contributed by atoms with van der Waals surface area (Å²) in [6.45, 7) is 3.92. The zero-order valence-corrected chi connectivity index (χ0v) is 18.7. The van der Waals surface area contributed by atoms with Crippen LogP contribution >= 0.6 is 35.3 Å². The predicted octanol–water partition coefficient (Wildman–Crippen LogP) is 3.40. The summed E-state index contributed by atoms with van der Waals surface area (Å²) < 4.78 is 0. The number of halogens is 1. The summed E-state index contributed by atoms with van der Waals surface area (Å²) in [5, 5.41) is 11.9. The van der Waals surface area contributed by atoms with Gasteiger partial charge in [0.15, 0.2) is 5.96 Å². The molecule has 2 aliphatic carbocycles. The van der Waals surface area contributed by atoms with Gasteiger partial charge in [0.2, 0.25) is 5.91 Å². The first-order valence-corrected chi connectivity index (χ1v) is 10.5. The number of nitrogens with one attached hydrogen (secondary N) is 3. The number of hydrogen-bond acceptors (Lipinski definition) is 3. The summed E-state index contributed by atoms with van der Waals surface area (Å²) in [5.74, 6) is 0.764. The summed E-state index contributed by atoms with van der Waals surface area (Å²) in [6, 6.07) is 4.81. The van der Waals surface area contributed by atoms with Crippen LogP contribution in [0.2, 0.25) is 0 Å². The van der Waals surface area contributed by atoms with E-state index in [1.807, 2.05) is 11.3 Å². The van der Waals surface area contributed by atoms with Gasteiger partial charge in [0, 0.05) is 29.4 Å². The molecular weight excluding hydrogens is 459 g/mol. The highest BCUT2D eigenvalue weighted by Gasteiger charge is 2.34. The molecule has 26 heavy (non-hydrogen) atoms. The topological polar surface area (TPSA) is 65.5 Å². The first-order valence-electron chi connectivity index (χ1n) is 9.57. The number of carbonyl (C=O) groups is 1. The van der Waals surface area contributed by atoms with Gasteiger partial charge in [-0.05, 0) is 44.1 Å². The van der Waals surface area contributed by atoms with Crippen LogP contribution in [0.25, 0.3) is 0 Å². The number of hydrogen-bond donors (Lipinski definition) is 3. The van der Waals surface area contributed by atoms with E-state index in [1.165, 1.54) is 37.0 Å². The van der Waals surface area contributed by atoms with Gasteiger partial charge in [0.25, 0.3) is 0 Å². The fraction of sp³-hybridized carbons (Fsp3) is 0.684. The van der Waals surface area contributed by atoms with E-state index in [1.54, 1.807) is 0 Å². The van der Waals surface area contributed by atoms with E-state index >= 15 is 0 Å². The van der Waals surface area contributed by atoms with Crippen LogP contribution < -0.4 is 16.0 Å². The number of thiophene rings is 1. The van der Waals surface area contributed by atoms with Gasteiger partial charge in [0.1, 0.15) is 6.54 Å². The van der Waals surface area contributed by atoms with Crippen LogP contribution in [0.15, 0.2) is 22.5 Å². The van der Waals surface area contributed by atoms with Crippen LogP contribution in [0.5, 0.6) is 0 Å². The lowest BCUT2D eigenvalue weighted by atomic mass is 9.73. The number of aliphatic imine (C=N–C) groups is 1. The van der Waals surface area contributed by atoms with Gasteiger partial charge in [-0.2, -0.15) is 0 Å². The highest BCUT2D eigenvalue weighted by atomic mass is 127. The zero-order valence-electron chi connectivity index (χ0n) is 15.6. The fourth-order valence-corrected chi connectivity index (χ4v) is 4.55. The van der Waals surface area contributed by atoms with E-state index in [-0.39, 0.29) is 41.8 Å². The van der Waals surface area contributed by atoms with Crippen LogP contribution in [0.4, 0.5) is 0 Å². The molecule has 146 valence electrons. The van der Waals surface area contributed by atoms with Crippen molar-refractivity contribution in [2.45, 2.75) is 63.3 Å². The quantitative estimate of drug-likeness (QED) is 0.312. The number of nitrogens with zero attached hydrogens (tertiary/aromatic N) is 1. The second-order valence-electron chi connectivity index (χ2n) is 7.21. The van der Waals surface area contributed by atoms with Gasteiger partial charge in [-0.15, -0.1) is 35.3 Å². The Bertz CT molecular complexity index is 580. The Labute approximate surface area is 177 Å². The van der Waals surface area contributed by atoms with E-state index in [0.717, 1.165) is 31.9 Å². The molecule has 1 amide bonds. The Balaban J connectivity index is 0.00000243. The molecule has 7 heteroatoms. The number of amides is 1. The standard InChI is InChI=1S/C19H30N4OS.HI/c1-2-20-18(21-13-17(24)23-15-8-9-15)22-14-19(10-4-3-5-11-19)16-7-6-12-25-16;/h6-7,12,15H,2-5,8-11,13-14H2,1H3,(H,23,24)(H2,20,21,22);1H. The molecular formula is C19H31IN4OS. The molecule has 1 aromatic rings. The molecule has 0 spiro atoms. The second kappa shape index (κ2) is 10.5. The molecule has 0 bridgehead atoms. The average Bonchev–Trinajstić information content (AvgIpc) is 3.25. The Morgan fingerprint density at radius 3 is 2.65 bits per heavy atom. The first-order chi connectivity index (χ1) is 12.2. The summed E-state index contributed by atoms with van der Waals surface area (Å²) in [7, 11) is 0. The summed E-state index contributed by atoms with van der Waals surface area (Å²) >= 11 is 1.86. The first kappa shape index (κ1) is 21.5. The highest BCUT2D eigenvalue weighted by molar-refractivity contribution is 14.0. The van der Waals surface area contributed by atoms with Crippen molar-refractivity contribution >= 4 is 47.2 Å². The number of rotatable bonds is 7. The maximum absolute atomic E-state index is 11.9. The Morgan fingerprint density at radius 1 is 1.27 bits per heavy atom. The van der Waals surface area contributed by atoms with Crippen molar-refractivity contribution in [1.29, 1.82) is 0 Å². The lowest BCUT2D eigenvalue weighted by molar-refractivity contribution is -0.119. The van der Waals surface area contributed by atoms with E-state index in [2.05, 4.69) is 45.4 Å². The van der Waals surface area contributed by atoms with Crippen LogP contribution in [0, 0.1) is 0 Å². The van der Waals surface area contributed by atoms with Crippen molar-refractivity contribution in [1.82, 2.24) is 16.0 Å². The molecule has 0 aromatic carbocycles. The van der Waals surface area contributed by atoms with Crippen molar-refractivity contribution in [3.05, 3.63) is 22.4 Å². The van der Waals surface area contributed by atoms with Gasteiger partial charge < -0.3 is 16.0 Å². The van der Waals surface area contributed by atoms with Crippen LogP contribution in [-0.2, 0) is 10.2 Å². The third-order valence-corrected chi connectivity index (χ3v) is 6.23. The minimum absolute atomic E-state index is 0. The molecule has 0 aliphatic heterocycles. The number of carbonyl (C=O) groups excluding carboxylic acids is 1. The molecule has 1 heterocycles. The highest BCUT2D eigenvalue weighted by Crippen LogP contribution is 2.41. The average molecular weight is 490 g/mol. The van der Waals surface area contributed by atoms with Gasteiger partial charge in [-0.1, -0.05) is 25.3 Å². The van der Waals surface area contributed by atoms with Crippen molar-refractivity contribution in [3.63, 3.8) is 0 Å². The molecule has 0 saturated heterocycles. The maximum atomic E-state index is 11.9. The van der Waals surface area contributed by atoms with Crippen molar-refractivity contribution in [2.75, 3.05) is 19.6 Å². The Hall–Kier alpha value is -0.830. The maximum Gasteiger partial charge on any atom is 0.242 e. The molecule has 2 fully saturated rings. The molecule has 5 nitrogen and oxygen atoms in total. The Kier molecular flexibility index (Phi) is 8.66. The van der Waals surface area contributed by atoms with Crippen LogP contribution in [0.1, 0.15) is 56.7 Å². The number of guanidine groups is 1. The van der Waals surface area contributed by atoms with Crippen molar-refractivity contribution in [3.8, 4) is 0 Å². The minimum atomic E-state index is 0. The van der Waals surface area contributed by atoms with Gasteiger partial charge in [0.05, 0.1) is 0 Å². The molecule has 3 rings (SSSR count). The largest absolute Gasteiger partial charge is 0.357 e. The van der Waals surface area contributed by atoms with E-state index in [9.17, 15) is 4.79 Å². The fourth-order valence-electron chi connectivity index (χ4n) is 3.57. The molecule has 0 unspecified atom stereocenters. The second-order valence-corrected chi connectivity index (χ2v) is 8.16. The summed E-state index contributed by atoms with van der Waals surface area (Å²) in [6.07, 6.45) is 8.58. The monoisotopic (exact) mass is 490 g/mol. The third-order valence-electron chi connectivity index (χ3n) is 5.12. The Morgan fingerprint density at radius 2 is 2.04 bits per heavy atom. The minimum Gasteiger partial charge on any atom is -0.357 e. The predicted molar refractivity (Wildman–Crippen MR) is 120 cm³/mol. The van der Waals surface area contributed by atoms with Crippen LogP contribution in [-0.4, -0.2) is 37.5 Å². The zero-order chi connectivity index (χ0) is 17.5. The summed E-state index contributed by atoms with van der Waals surface area (Å²) in [4.78, 5) is 17.8. The van der Waals surface area contributed by atoms with Gasteiger partial charge in [-0.3, -0.25) is 4.79 Å². The normalized spacial score (nSPS) is 19.3. The van der Waals surface area contributed by atoms with E-state index < -0.39 is 0 Å². The van der Waals surface area contributed by atoms with E-state index in [4.69, 9.17) is 0 Å². The lowest BCUT2D eigenvalue weighted by Crippen LogP contribution is -2.46. The van der Waals surface area contributed by atoms with Gasteiger partial charge in [-0.25, -0.2) is 4.99 Å². The molecule has 3 N–H and O–H groups in total. The van der Waals surface area contributed by atoms with Crippen LogP contribution in [0.3, 0.4) is 0 Å². The smallest absolute Gasteiger partial charge is 0.242 e. The van der Waals surface area contributed by atoms with E-state index in [0.29, 0.717) is 6.04 Å². The van der Waals surface area contributed by atoms with Crippen molar-refractivity contribution < 1.29 is 4.79 Å². The van der Waals surface area contributed by atoms with Gasteiger partial charge >= 0.3 is 0 Å². The molecule has 1 aromatic heterocycles. The molecule has 2 aliphatic rings. The SMILES string of the molecule is CCNC(=NCC(=O)NC1CC1)NCC1(c2cccs2)CCCCC1.I.